The van der Waals surface area contributed by atoms with Crippen LogP contribution < -0.4 is 10.6 Å². The maximum atomic E-state index is 12.4. The predicted octanol–water partition coefficient (Wildman–Crippen LogP) is 3.72. The zero-order chi connectivity index (χ0) is 19.8. The van der Waals surface area contributed by atoms with Crippen LogP contribution in [0.3, 0.4) is 0 Å². The summed E-state index contributed by atoms with van der Waals surface area (Å²) in [6.07, 6.45) is 0.0564. The zero-order valence-corrected chi connectivity index (χ0v) is 15.9. The second kappa shape index (κ2) is 9.73. The van der Waals surface area contributed by atoms with E-state index in [9.17, 15) is 14.4 Å². The molecule has 1 unspecified atom stereocenters. The first-order chi connectivity index (χ1) is 12.9. The number of halogens is 1. The molecule has 1 atom stereocenters. The fraction of sp³-hybridized carbons (Fsp3) is 0.250. The number of ether oxygens (including phenoxy) is 1. The predicted molar refractivity (Wildman–Crippen MR) is 104 cm³/mol. The highest BCUT2D eigenvalue weighted by Gasteiger charge is 2.17. The van der Waals surface area contributed by atoms with Gasteiger partial charge in [0.25, 0.3) is 0 Å². The fourth-order valence-corrected chi connectivity index (χ4v) is 2.62. The summed E-state index contributed by atoms with van der Waals surface area (Å²) in [5.74, 6) is -0.919. The van der Waals surface area contributed by atoms with Gasteiger partial charge in [-0.3, -0.25) is 9.59 Å². The second-order valence-corrected chi connectivity index (χ2v) is 6.29. The lowest BCUT2D eigenvalue weighted by Crippen LogP contribution is -2.29. The lowest BCUT2D eigenvalue weighted by Gasteiger charge is -2.18. The zero-order valence-electron chi connectivity index (χ0n) is 15.1. The van der Waals surface area contributed by atoms with E-state index < -0.39 is 12.0 Å². The molecule has 2 amide bonds. The van der Waals surface area contributed by atoms with Crippen LogP contribution in [-0.2, 0) is 14.3 Å². The van der Waals surface area contributed by atoms with Crippen molar-refractivity contribution in [2.75, 3.05) is 11.9 Å². The van der Waals surface area contributed by atoms with Gasteiger partial charge in [-0.05, 0) is 48.9 Å². The van der Waals surface area contributed by atoms with Crippen LogP contribution in [0.1, 0.15) is 42.2 Å². The quantitative estimate of drug-likeness (QED) is 0.708. The van der Waals surface area contributed by atoms with Crippen LogP contribution in [0.2, 0.25) is 5.02 Å². The molecular weight excluding hydrogens is 368 g/mol. The molecule has 27 heavy (non-hydrogen) atoms. The molecular formula is C20H21ClN2O4. The number of hydrogen-bond donors (Lipinski definition) is 2. The minimum Gasteiger partial charge on any atom is -0.462 e. The molecule has 0 saturated carbocycles. The average Bonchev–Trinajstić information content (AvgIpc) is 2.62. The van der Waals surface area contributed by atoms with Gasteiger partial charge in [0.1, 0.15) is 0 Å². The maximum Gasteiger partial charge on any atom is 0.338 e. The Morgan fingerprint density at radius 3 is 2.22 bits per heavy atom. The van der Waals surface area contributed by atoms with Gasteiger partial charge in [0.15, 0.2) is 0 Å². The molecule has 142 valence electrons. The first kappa shape index (κ1) is 20.5. The van der Waals surface area contributed by atoms with Crippen molar-refractivity contribution in [3.63, 3.8) is 0 Å². The summed E-state index contributed by atoms with van der Waals surface area (Å²) in [7, 11) is 0. The normalized spacial score (nSPS) is 11.4. The van der Waals surface area contributed by atoms with Crippen molar-refractivity contribution < 1.29 is 19.1 Å². The van der Waals surface area contributed by atoms with Gasteiger partial charge in [-0.25, -0.2) is 4.79 Å². The molecule has 2 aromatic rings. The SMILES string of the molecule is CCOC(=O)c1ccc(NC(=O)CC(NC(C)=O)c2ccc(Cl)cc2)cc1. The van der Waals surface area contributed by atoms with Crippen LogP contribution in [0.5, 0.6) is 0 Å². The first-order valence-electron chi connectivity index (χ1n) is 8.48. The molecule has 2 N–H and O–H groups in total. The number of carbonyl (C=O) groups excluding carboxylic acids is 3. The number of amides is 2. The Kier molecular flexibility index (Phi) is 7.37. The third-order valence-electron chi connectivity index (χ3n) is 3.72. The highest BCUT2D eigenvalue weighted by molar-refractivity contribution is 6.30. The van der Waals surface area contributed by atoms with Gasteiger partial charge in [0.05, 0.1) is 24.6 Å². The number of nitrogens with one attached hydrogen (secondary N) is 2. The molecule has 0 heterocycles. The molecule has 0 radical (unpaired) electrons. The Bertz CT molecular complexity index is 804. The Labute approximate surface area is 162 Å². The fourth-order valence-electron chi connectivity index (χ4n) is 2.49. The lowest BCUT2D eigenvalue weighted by molar-refractivity contribution is -0.120. The van der Waals surface area contributed by atoms with Crippen molar-refractivity contribution in [2.45, 2.75) is 26.3 Å². The van der Waals surface area contributed by atoms with E-state index in [1.807, 2.05) is 0 Å². The van der Waals surface area contributed by atoms with E-state index in [-0.39, 0.29) is 18.2 Å². The Morgan fingerprint density at radius 2 is 1.67 bits per heavy atom. The van der Waals surface area contributed by atoms with E-state index >= 15 is 0 Å². The van der Waals surface area contributed by atoms with Crippen molar-refractivity contribution in [3.8, 4) is 0 Å². The number of anilines is 1. The summed E-state index contributed by atoms with van der Waals surface area (Å²) in [5, 5.41) is 6.10. The summed E-state index contributed by atoms with van der Waals surface area (Å²) in [5.41, 5.74) is 1.74. The number of carbonyl (C=O) groups is 3. The van der Waals surface area contributed by atoms with Crippen LogP contribution in [-0.4, -0.2) is 24.4 Å². The second-order valence-electron chi connectivity index (χ2n) is 5.85. The third-order valence-corrected chi connectivity index (χ3v) is 3.97. The summed E-state index contributed by atoms with van der Waals surface area (Å²) >= 11 is 5.89. The van der Waals surface area contributed by atoms with Crippen molar-refractivity contribution in [1.82, 2.24) is 5.32 Å². The van der Waals surface area contributed by atoms with E-state index in [2.05, 4.69) is 10.6 Å². The summed E-state index contributed by atoms with van der Waals surface area (Å²) < 4.78 is 4.92. The van der Waals surface area contributed by atoms with Crippen molar-refractivity contribution in [3.05, 3.63) is 64.7 Å². The van der Waals surface area contributed by atoms with Crippen LogP contribution >= 0.6 is 11.6 Å². The molecule has 0 aliphatic carbocycles. The molecule has 0 bridgehead atoms. The highest BCUT2D eigenvalue weighted by atomic mass is 35.5. The molecule has 2 aromatic carbocycles. The Hall–Kier alpha value is -2.86. The number of esters is 1. The van der Waals surface area contributed by atoms with Crippen molar-refractivity contribution >= 4 is 35.1 Å². The lowest BCUT2D eigenvalue weighted by atomic mass is 10.0. The van der Waals surface area contributed by atoms with Crippen LogP contribution in [0, 0.1) is 0 Å². The molecule has 7 heteroatoms. The van der Waals surface area contributed by atoms with Crippen molar-refractivity contribution in [2.24, 2.45) is 0 Å². The number of hydrogen-bond acceptors (Lipinski definition) is 4. The van der Waals surface area contributed by atoms with Gasteiger partial charge >= 0.3 is 5.97 Å². The van der Waals surface area contributed by atoms with Crippen LogP contribution in [0.25, 0.3) is 0 Å². The topological polar surface area (TPSA) is 84.5 Å². The van der Waals surface area contributed by atoms with Gasteiger partial charge < -0.3 is 15.4 Å². The van der Waals surface area contributed by atoms with Gasteiger partial charge in [0, 0.05) is 17.6 Å². The molecule has 0 saturated heterocycles. The van der Waals surface area contributed by atoms with Crippen molar-refractivity contribution in [1.29, 1.82) is 0 Å². The summed E-state index contributed by atoms with van der Waals surface area (Å²) in [6.45, 7) is 3.43. The highest BCUT2D eigenvalue weighted by Crippen LogP contribution is 2.20. The van der Waals surface area contributed by atoms with E-state index in [0.717, 1.165) is 5.56 Å². The standard InChI is InChI=1S/C20H21ClN2O4/c1-3-27-20(26)15-6-10-17(11-7-15)23-19(25)12-18(22-13(2)24)14-4-8-16(21)9-5-14/h4-11,18H,3,12H2,1-2H3,(H,22,24)(H,23,25). The molecule has 0 spiro atoms. The van der Waals surface area contributed by atoms with Gasteiger partial charge in [-0.2, -0.15) is 0 Å². The molecule has 6 nitrogen and oxygen atoms in total. The minimum atomic E-state index is -0.474. The van der Waals surface area contributed by atoms with E-state index in [1.54, 1.807) is 55.5 Å². The molecule has 0 aromatic heterocycles. The number of benzene rings is 2. The van der Waals surface area contributed by atoms with Gasteiger partial charge in [-0.1, -0.05) is 23.7 Å². The van der Waals surface area contributed by atoms with E-state index in [4.69, 9.17) is 16.3 Å². The van der Waals surface area contributed by atoms with E-state index in [0.29, 0.717) is 22.9 Å². The molecule has 0 aliphatic heterocycles. The first-order valence-corrected chi connectivity index (χ1v) is 8.86. The summed E-state index contributed by atoms with van der Waals surface area (Å²) in [4.78, 5) is 35.5. The molecule has 0 fully saturated rings. The maximum absolute atomic E-state index is 12.4. The van der Waals surface area contributed by atoms with Crippen LogP contribution in [0.4, 0.5) is 5.69 Å². The third kappa shape index (κ3) is 6.42. The van der Waals surface area contributed by atoms with E-state index in [1.165, 1.54) is 6.92 Å². The largest absolute Gasteiger partial charge is 0.462 e. The monoisotopic (exact) mass is 388 g/mol. The molecule has 0 aliphatic rings. The van der Waals surface area contributed by atoms with Crippen LogP contribution in [0.15, 0.2) is 48.5 Å². The smallest absolute Gasteiger partial charge is 0.338 e. The number of rotatable bonds is 7. The Morgan fingerprint density at radius 1 is 1.04 bits per heavy atom. The van der Waals surface area contributed by atoms with Gasteiger partial charge in [-0.15, -0.1) is 0 Å². The summed E-state index contributed by atoms with van der Waals surface area (Å²) in [6, 6.07) is 12.9. The minimum absolute atomic E-state index is 0.0564. The average molecular weight is 389 g/mol. The molecule has 2 rings (SSSR count). The Balaban J connectivity index is 2.03. The van der Waals surface area contributed by atoms with Gasteiger partial charge in [0.2, 0.25) is 11.8 Å².